The van der Waals surface area contributed by atoms with Crippen molar-refractivity contribution in [2.75, 3.05) is 0 Å². The van der Waals surface area contributed by atoms with Crippen LogP contribution in [0.25, 0.3) is 11.2 Å². The Balaban J connectivity index is 1.75. The van der Waals surface area contributed by atoms with Gasteiger partial charge in [-0.3, -0.25) is 9.36 Å². The Bertz CT molecular complexity index is 713. The van der Waals surface area contributed by atoms with Crippen molar-refractivity contribution in [3.8, 4) is 0 Å². The lowest BCUT2D eigenvalue weighted by Gasteiger charge is -2.19. The van der Waals surface area contributed by atoms with Gasteiger partial charge in [-0.05, 0) is 31.4 Å². The normalized spacial score (nSPS) is 17.0. The number of nitrogens with zero attached hydrogens (tertiary/aromatic N) is 2. The Morgan fingerprint density at radius 1 is 1.50 bits per heavy atom. The first kappa shape index (κ1) is 14.8. The Hall–Kier alpha value is -2.11. The minimum atomic E-state index is -0.428. The summed E-state index contributed by atoms with van der Waals surface area (Å²) in [6, 6.07) is 3.36. The van der Waals surface area contributed by atoms with Crippen LogP contribution in [-0.2, 0) is 11.3 Å². The molecule has 1 aliphatic rings. The fourth-order valence-corrected chi connectivity index (χ4v) is 3.07. The molecule has 0 bridgehead atoms. The molecule has 1 N–H and O–H groups in total. The highest BCUT2D eigenvalue weighted by molar-refractivity contribution is 5.79. The Labute approximate surface area is 128 Å². The van der Waals surface area contributed by atoms with Crippen molar-refractivity contribution in [1.82, 2.24) is 14.9 Å². The zero-order valence-electron chi connectivity index (χ0n) is 12.7. The van der Waals surface area contributed by atoms with E-state index in [-0.39, 0.29) is 17.9 Å². The monoisotopic (exact) mass is 303 g/mol. The summed E-state index contributed by atoms with van der Waals surface area (Å²) in [7, 11) is 0. The summed E-state index contributed by atoms with van der Waals surface area (Å²) in [5, 5.41) is 3.07. The second-order valence-corrected chi connectivity index (χ2v) is 5.90. The van der Waals surface area contributed by atoms with Gasteiger partial charge in [0.25, 0.3) is 0 Å². The molecule has 6 nitrogen and oxygen atoms in total. The maximum absolute atomic E-state index is 12.3. The SMILES string of the molecule is CC[C@H](Cn1c(=O)oc2cccnc21)NC(=O)C1CCCC1. The van der Waals surface area contributed by atoms with Crippen LogP contribution < -0.4 is 11.1 Å². The van der Waals surface area contributed by atoms with E-state index in [4.69, 9.17) is 4.42 Å². The topological polar surface area (TPSA) is 77.1 Å². The van der Waals surface area contributed by atoms with Crippen LogP contribution in [0.5, 0.6) is 0 Å². The first-order chi connectivity index (χ1) is 10.7. The number of pyridine rings is 1. The molecular weight excluding hydrogens is 282 g/mol. The van der Waals surface area contributed by atoms with E-state index in [9.17, 15) is 9.59 Å². The van der Waals surface area contributed by atoms with Crippen LogP contribution >= 0.6 is 0 Å². The molecule has 1 amide bonds. The predicted octanol–water partition coefficient (Wildman–Crippen LogP) is 2.07. The zero-order valence-corrected chi connectivity index (χ0v) is 12.7. The van der Waals surface area contributed by atoms with Crippen LogP contribution in [-0.4, -0.2) is 21.5 Å². The van der Waals surface area contributed by atoms with Gasteiger partial charge in [0, 0.05) is 18.2 Å². The maximum atomic E-state index is 12.3. The molecule has 0 aromatic carbocycles. The number of carbonyl (C=O) groups excluding carboxylic acids is 1. The van der Waals surface area contributed by atoms with Gasteiger partial charge in [-0.25, -0.2) is 9.78 Å². The van der Waals surface area contributed by atoms with E-state index < -0.39 is 5.76 Å². The maximum Gasteiger partial charge on any atom is 0.421 e. The summed E-state index contributed by atoms with van der Waals surface area (Å²) in [6.07, 6.45) is 6.59. The molecular formula is C16H21N3O3. The first-order valence-electron chi connectivity index (χ1n) is 7.93. The molecule has 2 heterocycles. The van der Waals surface area contributed by atoms with E-state index >= 15 is 0 Å². The fourth-order valence-electron chi connectivity index (χ4n) is 3.07. The van der Waals surface area contributed by atoms with Crippen molar-refractivity contribution in [1.29, 1.82) is 0 Å². The lowest BCUT2D eigenvalue weighted by molar-refractivity contribution is -0.125. The Kier molecular flexibility index (Phi) is 4.27. The van der Waals surface area contributed by atoms with E-state index in [0.29, 0.717) is 17.8 Å². The van der Waals surface area contributed by atoms with Gasteiger partial charge in [0.15, 0.2) is 11.2 Å². The lowest BCUT2D eigenvalue weighted by Crippen LogP contribution is -2.41. The van der Waals surface area contributed by atoms with E-state index in [1.54, 1.807) is 18.3 Å². The van der Waals surface area contributed by atoms with Gasteiger partial charge >= 0.3 is 5.76 Å². The molecule has 0 unspecified atom stereocenters. The Morgan fingerprint density at radius 3 is 3.00 bits per heavy atom. The summed E-state index contributed by atoms with van der Waals surface area (Å²) in [4.78, 5) is 28.4. The minimum Gasteiger partial charge on any atom is -0.406 e. The lowest BCUT2D eigenvalue weighted by atomic mass is 10.1. The molecule has 1 fully saturated rings. The van der Waals surface area contributed by atoms with Crippen LogP contribution in [0.3, 0.4) is 0 Å². The van der Waals surface area contributed by atoms with Gasteiger partial charge in [0.1, 0.15) is 0 Å². The number of hydrogen-bond acceptors (Lipinski definition) is 4. The van der Waals surface area contributed by atoms with Crippen molar-refractivity contribution < 1.29 is 9.21 Å². The summed E-state index contributed by atoms with van der Waals surface area (Å²) >= 11 is 0. The highest BCUT2D eigenvalue weighted by atomic mass is 16.4. The number of hydrogen-bond donors (Lipinski definition) is 1. The minimum absolute atomic E-state index is 0.0893. The second kappa shape index (κ2) is 6.34. The van der Waals surface area contributed by atoms with Crippen molar-refractivity contribution in [3.05, 3.63) is 28.9 Å². The number of aromatic nitrogens is 2. The molecule has 22 heavy (non-hydrogen) atoms. The van der Waals surface area contributed by atoms with Gasteiger partial charge in [-0.1, -0.05) is 19.8 Å². The van der Waals surface area contributed by atoms with Crippen LogP contribution in [0, 0.1) is 5.92 Å². The van der Waals surface area contributed by atoms with Crippen molar-refractivity contribution >= 4 is 17.1 Å². The molecule has 6 heteroatoms. The molecule has 2 aromatic rings. The molecule has 0 aliphatic heterocycles. The first-order valence-corrected chi connectivity index (χ1v) is 7.93. The summed E-state index contributed by atoms with van der Waals surface area (Å²) in [6.45, 7) is 2.39. The van der Waals surface area contributed by atoms with Crippen LogP contribution in [0.1, 0.15) is 39.0 Å². The number of carbonyl (C=O) groups is 1. The summed E-state index contributed by atoms with van der Waals surface area (Å²) < 4.78 is 6.68. The number of fused-ring (bicyclic) bond motifs is 1. The van der Waals surface area contributed by atoms with Gasteiger partial charge < -0.3 is 9.73 Å². The average molecular weight is 303 g/mol. The zero-order chi connectivity index (χ0) is 15.5. The van der Waals surface area contributed by atoms with E-state index in [1.807, 2.05) is 6.92 Å². The summed E-state index contributed by atoms with van der Waals surface area (Å²) in [5.41, 5.74) is 1.01. The Morgan fingerprint density at radius 2 is 2.27 bits per heavy atom. The molecule has 1 saturated carbocycles. The second-order valence-electron chi connectivity index (χ2n) is 5.90. The van der Waals surface area contributed by atoms with Crippen LogP contribution in [0.2, 0.25) is 0 Å². The molecule has 0 radical (unpaired) electrons. The molecule has 0 saturated heterocycles. The highest BCUT2D eigenvalue weighted by Gasteiger charge is 2.25. The molecule has 2 aromatic heterocycles. The quantitative estimate of drug-likeness (QED) is 0.917. The van der Waals surface area contributed by atoms with E-state index in [2.05, 4.69) is 10.3 Å². The van der Waals surface area contributed by atoms with Gasteiger partial charge in [-0.15, -0.1) is 0 Å². The smallest absolute Gasteiger partial charge is 0.406 e. The third-order valence-corrected chi connectivity index (χ3v) is 4.39. The van der Waals surface area contributed by atoms with Gasteiger partial charge in [0.2, 0.25) is 5.91 Å². The number of oxazole rings is 1. The van der Waals surface area contributed by atoms with Crippen LogP contribution in [0.4, 0.5) is 0 Å². The molecule has 3 rings (SSSR count). The van der Waals surface area contributed by atoms with Gasteiger partial charge in [0.05, 0.1) is 6.54 Å². The van der Waals surface area contributed by atoms with Crippen molar-refractivity contribution in [3.63, 3.8) is 0 Å². The third kappa shape index (κ3) is 2.91. The van der Waals surface area contributed by atoms with Gasteiger partial charge in [-0.2, -0.15) is 0 Å². The third-order valence-electron chi connectivity index (χ3n) is 4.39. The fraction of sp³-hybridized carbons (Fsp3) is 0.562. The predicted molar refractivity (Wildman–Crippen MR) is 82.4 cm³/mol. The molecule has 1 atom stereocenters. The van der Waals surface area contributed by atoms with Crippen molar-refractivity contribution in [2.24, 2.45) is 5.92 Å². The highest BCUT2D eigenvalue weighted by Crippen LogP contribution is 2.24. The molecule has 1 aliphatic carbocycles. The van der Waals surface area contributed by atoms with E-state index in [1.165, 1.54) is 4.57 Å². The number of rotatable bonds is 5. The summed E-state index contributed by atoms with van der Waals surface area (Å²) in [5.74, 6) is -0.189. The van der Waals surface area contributed by atoms with E-state index in [0.717, 1.165) is 32.1 Å². The molecule has 0 spiro atoms. The number of nitrogens with one attached hydrogen (secondary N) is 1. The standard InChI is InChI=1S/C16H21N3O3/c1-2-12(18-15(20)11-6-3-4-7-11)10-19-14-13(22-16(19)21)8-5-9-17-14/h5,8-9,11-12H,2-4,6-7,10H2,1H3,(H,18,20)/t12-/m1/s1. The largest absolute Gasteiger partial charge is 0.421 e. The van der Waals surface area contributed by atoms with Crippen molar-refractivity contribution in [2.45, 2.75) is 51.6 Å². The number of amides is 1. The van der Waals surface area contributed by atoms with Crippen LogP contribution in [0.15, 0.2) is 27.5 Å². The molecule has 118 valence electrons. The average Bonchev–Trinajstić information content (AvgIpc) is 3.15.